The number of aliphatic hydroxyl groups excluding tert-OH is 1. The van der Waals surface area contributed by atoms with Gasteiger partial charge in [0.15, 0.2) is 11.9 Å². The van der Waals surface area contributed by atoms with Crippen molar-refractivity contribution in [1.29, 1.82) is 0 Å². The Morgan fingerprint density at radius 1 is 1.26 bits per heavy atom. The fourth-order valence-electron chi connectivity index (χ4n) is 3.78. The number of rotatable bonds is 2. The molecule has 0 aromatic heterocycles. The van der Waals surface area contributed by atoms with Gasteiger partial charge in [-0.2, -0.15) is 0 Å². The monoisotopic (exact) mass is 319 g/mol. The second-order valence-electron chi connectivity index (χ2n) is 6.48. The molecule has 0 saturated carbocycles. The average Bonchev–Trinajstić information content (AvgIpc) is 3.21. The highest BCUT2D eigenvalue weighted by molar-refractivity contribution is 5.79. The molecule has 6 nitrogen and oxygen atoms in total. The summed E-state index contributed by atoms with van der Waals surface area (Å²) in [5, 5.41) is 11.1. The van der Waals surface area contributed by atoms with Crippen LogP contribution in [-0.4, -0.2) is 53.7 Å². The maximum atomic E-state index is 12.3. The first-order chi connectivity index (χ1) is 11.1. The molecule has 3 aliphatic rings. The van der Waals surface area contributed by atoms with Crippen LogP contribution in [0, 0.1) is 0 Å². The van der Waals surface area contributed by atoms with E-state index in [1.165, 1.54) is 0 Å². The summed E-state index contributed by atoms with van der Waals surface area (Å²) >= 11 is 0. The molecule has 1 N–H and O–H groups in total. The van der Waals surface area contributed by atoms with Gasteiger partial charge in [-0.25, -0.2) is 0 Å². The quantitative estimate of drug-likeness (QED) is 0.888. The SMILES string of the molecule is CC1(C2OCCO2)Oc2ccccc2C(N2CCCC2=O)C1O. The van der Waals surface area contributed by atoms with Crippen molar-refractivity contribution in [2.75, 3.05) is 19.8 Å². The Labute approximate surface area is 134 Å². The first kappa shape index (κ1) is 14.9. The van der Waals surface area contributed by atoms with Crippen molar-refractivity contribution >= 4 is 5.91 Å². The number of benzene rings is 1. The lowest BCUT2D eigenvalue weighted by atomic mass is 9.84. The Hall–Kier alpha value is -1.63. The molecule has 1 amide bonds. The molecule has 2 saturated heterocycles. The summed E-state index contributed by atoms with van der Waals surface area (Å²) in [5.41, 5.74) is -0.219. The van der Waals surface area contributed by atoms with Crippen LogP contribution in [0.15, 0.2) is 24.3 Å². The van der Waals surface area contributed by atoms with Gasteiger partial charge in [0.05, 0.1) is 19.3 Å². The van der Waals surface area contributed by atoms with Crippen LogP contribution >= 0.6 is 0 Å². The molecule has 0 bridgehead atoms. The molecule has 2 fully saturated rings. The minimum Gasteiger partial charge on any atom is -0.479 e. The van der Waals surface area contributed by atoms with E-state index in [1.54, 1.807) is 11.8 Å². The fraction of sp³-hybridized carbons (Fsp3) is 0.588. The molecule has 0 radical (unpaired) electrons. The van der Waals surface area contributed by atoms with E-state index < -0.39 is 24.0 Å². The van der Waals surface area contributed by atoms with E-state index in [4.69, 9.17) is 14.2 Å². The molecule has 4 rings (SSSR count). The van der Waals surface area contributed by atoms with E-state index in [9.17, 15) is 9.90 Å². The third-order valence-corrected chi connectivity index (χ3v) is 4.99. The van der Waals surface area contributed by atoms with Crippen LogP contribution in [0.1, 0.15) is 31.4 Å². The van der Waals surface area contributed by atoms with Gasteiger partial charge in [0.1, 0.15) is 11.9 Å². The fourth-order valence-corrected chi connectivity index (χ4v) is 3.78. The van der Waals surface area contributed by atoms with Crippen molar-refractivity contribution in [3.05, 3.63) is 29.8 Å². The van der Waals surface area contributed by atoms with Gasteiger partial charge < -0.3 is 24.2 Å². The molecule has 3 aliphatic heterocycles. The largest absolute Gasteiger partial charge is 0.479 e. The number of hydrogen-bond donors (Lipinski definition) is 1. The summed E-state index contributed by atoms with van der Waals surface area (Å²) in [7, 11) is 0. The van der Waals surface area contributed by atoms with Crippen LogP contribution in [0.5, 0.6) is 5.75 Å². The number of carbonyl (C=O) groups excluding carboxylic acids is 1. The molecule has 6 heteroatoms. The third-order valence-electron chi connectivity index (χ3n) is 4.99. The van der Waals surface area contributed by atoms with Gasteiger partial charge in [-0.3, -0.25) is 4.79 Å². The van der Waals surface area contributed by atoms with Crippen molar-refractivity contribution in [3.63, 3.8) is 0 Å². The molecule has 1 aromatic carbocycles. The normalized spacial score (nSPS) is 34.5. The number of hydrogen-bond acceptors (Lipinski definition) is 5. The number of nitrogens with zero attached hydrogens (tertiary/aromatic N) is 1. The molecule has 23 heavy (non-hydrogen) atoms. The van der Waals surface area contributed by atoms with Crippen molar-refractivity contribution in [2.45, 2.75) is 43.8 Å². The highest BCUT2D eigenvalue weighted by Crippen LogP contribution is 2.46. The molecule has 124 valence electrons. The number of aliphatic hydroxyl groups is 1. The second-order valence-corrected chi connectivity index (χ2v) is 6.48. The standard InChI is InChI=1S/C17H21NO5/c1-17(16-21-9-10-22-16)15(20)14(18-8-4-7-13(18)19)11-5-2-3-6-12(11)23-17/h2-3,5-6,14-16,20H,4,7-10H2,1H3. The highest BCUT2D eigenvalue weighted by Gasteiger charge is 2.55. The lowest BCUT2D eigenvalue weighted by Crippen LogP contribution is -2.61. The van der Waals surface area contributed by atoms with Crippen molar-refractivity contribution in [3.8, 4) is 5.75 Å². The summed E-state index contributed by atoms with van der Waals surface area (Å²) in [6.07, 6.45) is -0.231. The van der Waals surface area contributed by atoms with Gasteiger partial charge in [-0.1, -0.05) is 18.2 Å². The third kappa shape index (κ3) is 2.24. The lowest BCUT2D eigenvalue weighted by Gasteiger charge is -2.48. The van der Waals surface area contributed by atoms with Crippen LogP contribution in [0.2, 0.25) is 0 Å². The number of carbonyl (C=O) groups is 1. The first-order valence-corrected chi connectivity index (χ1v) is 8.10. The summed E-state index contributed by atoms with van der Waals surface area (Å²) in [6.45, 7) is 3.39. The van der Waals surface area contributed by atoms with Crippen LogP contribution in [0.4, 0.5) is 0 Å². The molecule has 1 aromatic rings. The van der Waals surface area contributed by atoms with Crippen LogP contribution in [-0.2, 0) is 14.3 Å². The maximum Gasteiger partial charge on any atom is 0.223 e. The minimum atomic E-state index is -1.06. The molecule has 0 spiro atoms. The van der Waals surface area contributed by atoms with Gasteiger partial charge in [0.25, 0.3) is 0 Å². The van der Waals surface area contributed by atoms with E-state index in [2.05, 4.69) is 0 Å². The zero-order valence-corrected chi connectivity index (χ0v) is 13.1. The van der Waals surface area contributed by atoms with Crippen molar-refractivity contribution in [2.24, 2.45) is 0 Å². The van der Waals surface area contributed by atoms with Gasteiger partial charge in [-0.15, -0.1) is 0 Å². The number of para-hydroxylation sites is 1. The molecule has 0 aliphatic carbocycles. The molecular formula is C17H21NO5. The zero-order chi connectivity index (χ0) is 16.0. The Morgan fingerprint density at radius 2 is 2.00 bits per heavy atom. The number of ether oxygens (including phenoxy) is 3. The van der Waals surface area contributed by atoms with Crippen LogP contribution in [0.25, 0.3) is 0 Å². The van der Waals surface area contributed by atoms with E-state index in [-0.39, 0.29) is 5.91 Å². The molecular weight excluding hydrogens is 298 g/mol. The van der Waals surface area contributed by atoms with Gasteiger partial charge in [-0.05, 0) is 19.4 Å². The maximum absolute atomic E-state index is 12.3. The zero-order valence-electron chi connectivity index (χ0n) is 13.1. The van der Waals surface area contributed by atoms with Gasteiger partial charge in [0, 0.05) is 18.5 Å². The van der Waals surface area contributed by atoms with Crippen LogP contribution < -0.4 is 4.74 Å². The Morgan fingerprint density at radius 3 is 2.70 bits per heavy atom. The summed E-state index contributed by atoms with van der Waals surface area (Å²) in [4.78, 5) is 14.0. The summed E-state index contributed by atoms with van der Waals surface area (Å²) in [5.74, 6) is 0.741. The first-order valence-electron chi connectivity index (χ1n) is 8.10. The lowest BCUT2D eigenvalue weighted by molar-refractivity contribution is -0.219. The predicted molar refractivity (Wildman–Crippen MR) is 80.9 cm³/mol. The smallest absolute Gasteiger partial charge is 0.223 e. The van der Waals surface area contributed by atoms with E-state index in [1.807, 2.05) is 24.3 Å². The predicted octanol–water partition coefficient (Wildman–Crippen LogP) is 1.23. The second kappa shape index (κ2) is 5.47. The van der Waals surface area contributed by atoms with Crippen molar-refractivity contribution in [1.82, 2.24) is 4.90 Å². The topological polar surface area (TPSA) is 68.2 Å². The number of likely N-dealkylation sites (tertiary alicyclic amines) is 1. The molecule has 3 atom stereocenters. The number of amides is 1. The highest BCUT2D eigenvalue weighted by atomic mass is 16.7. The van der Waals surface area contributed by atoms with Gasteiger partial charge in [0.2, 0.25) is 5.91 Å². The minimum absolute atomic E-state index is 0.0707. The molecule has 3 unspecified atom stereocenters. The summed E-state index contributed by atoms with van der Waals surface area (Å²) < 4.78 is 17.3. The van der Waals surface area contributed by atoms with E-state index >= 15 is 0 Å². The molecule has 3 heterocycles. The Kier molecular flexibility index (Phi) is 3.55. The van der Waals surface area contributed by atoms with Gasteiger partial charge >= 0.3 is 0 Å². The van der Waals surface area contributed by atoms with Crippen LogP contribution in [0.3, 0.4) is 0 Å². The van der Waals surface area contributed by atoms with E-state index in [0.717, 1.165) is 12.0 Å². The average molecular weight is 319 g/mol. The Balaban J connectivity index is 1.78. The van der Waals surface area contributed by atoms with E-state index in [0.29, 0.717) is 31.9 Å². The van der Waals surface area contributed by atoms with Crippen molar-refractivity contribution < 1.29 is 24.1 Å². The Bertz CT molecular complexity index is 615. The summed E-state index contributed by atoms with van der Waals surface area (Å²) in [6, 6.07) is 7.11. The number of fused-ring (bicyclic) bond motifs is 1.